The number of unbranched alkanes of at least 4 members (excludes halogenated alkanes) is 1. The highest BCUT2D eigenvalue weighted by Crippen LogP contribution is 2.21. The van der Waals surface area contributed by atoms with E-state index in [1.54, 1.807) is 0 Å². The molecule has 2 unspecified atom stereocenters. The van der Waals surface area contributed by atoms with Gasteiger partial charge in [0.2, 0.25) is 0 Å². The van der Waals surface area contributed by atoms with E-state index in [1.807, 2.05) is 0 Å². The molecule has 0 saturated carbocycles. The smallest absolute Gasteiger partial charge is 0.379 e. The van der Waals surface area contributed by atoms with Crippen molar-refractivity contribution >= 4 is 0 Å². The van der Waals surface area contributed by atoms with E-state index in [4.69, 9.17) is 10.5 Å². The van der Waals surface area contributed by atoms with E-state index in [-0.39, 0.29) is 12.5 Å². The number of hydrogen-bond donors (Lipinski definition) is 2. The maximum atomic E-state index is 11.8. The second-order valence-electron chi connectivity index (χ2n) is 4.24. The molecule has 0 aromatic heterocycles. The van der Waals surface area contributed by atoms with Gasteiger partial charge in [-0.15, -0.1) is 0 Å². The van der Waals surface area contributed by atoms with E-state index >= 15 is 0 Å². The third kappa shape index (κ3) is 5.67. The minimum absolute atomic E-state index is 0.0580. The van der Waals surface area contributed by atoms with Crippen LogP contribution in [-0.2, 0) is 4.74 Å². The van der Waals surface area contributed by atoms with Crippen LogP contribution < -0.4 is 11.1 Å². The van der Waals surface area contributed by atoms with Crippen LogP contribution in [0, 0.1) is 5.92 Å². The first-order valence-electron chi connectivity index (χ1n) is 5.60. The highest BCUT2D eigenvalue weighted by molar-refractivity contribution is 4.79. The van der Waals surface area contributed by atoms with Gasteiger partial charge in [-0.05, 0) is 19.4 Å². The highest BCUT2D eigenvalue weighted by Gasteiger charge is 2.26. The van der Waals surface area contributed by atoms with Crippen molar-refractivity contribution in [3.63, 3.8) is 0 Å². The Morgan fingerprint density at radius 3 is 2.56 bits per heavy atom. The van der Waals surface area contributed by atoms with Crippen LogP contribution in [0.2, 0.25) is 0 Å². The van der Waals surface area contributed by atoms with E-state index in [9.17, 15) is 13.2 Å². The molecule has 1 aliphatic heterocycles. The Labute approximate surface area is 93.5 Å². The molecule has 1 aliphatic rings. The van der Waals surface area contributed by atoms with Crippen molar-refractivity contribution in [2.75, 3.05) is 26.3 Å². The molecule has 0 aromatic rings. The molecule has 16 heavy (non-hydrogen) atoms. The number of nitrogens with two attached hydrogens (primary N) is 1. The lowest BCUT2D eigenvalue weighted by Gasteiger charge is -2.13. The molecule has 0 aliphatic carbocycles. The molecule has 6 heteroatoms. The van der Waals surface area contributed by atoms with Crippen LogP contribution in [0.4, 0.5) is 13.2 Å². The van der Waals surface area contributed by atoms with Gasteiger partial charge in [0.1, 0.15) is 0 Å². The molecular formula is C10H19F3N2O. The van der Waals surface area contributed by atoms with Gasteiger partial charge in [-0.3, -0.25) is 0 Å². The van der Waals surface area contributed by atoms with Crippen molar-refractivity contribution < 1.29 is 17.9 Å². The van der Waals surface area contributed by atoms with Crippen LogP contribution in [0.25, 0.3) is 0 Å². The molecule has 0 amide bonds. The molecule has 96 valence electrons. The summed E-state index contributed by atoms with van der Waals surface area (Å²) < 4.78 is 40.6. The summed E-state index contributed by atoms with van der Waals surface area (Å²) in [4.78, 5) is 0. The van der Waals surface area contributed by atoms with Crippen LogP contribution in [0.1, 0.15) is 19.3 Å². The van der Waals surface area contributed by atoms with Crippen LogP contribution >= 0.6 is 0 Å². The lowest BCUT2D eigenvalue weighted by Crippen LogP contribution is -2.36. The van der Waals surface area contributed by atoms with Crippen molar-refractivity contribution in [1.82, 2.24) is 5.32 Å². The van der Waals surface area contributed by atoms with Gasteiger partial charge in [0.15, 0.2) is 0 Å². The van der Waals surface area contributed by atoms with Crippen molar-refractivity contribution in [3.8, 4) is 0 Å². The summed E-state index contributed by atoms with van der Waals surface area (Å²) in [6.45, 7) is 2.57. The highest BCUT2D eigenvalue weighted by atomic mass is 19.4. The van der Waals surface area contributed by atoms with Crippen LogP contribution in [0.5, 0.6) is 0 Å². The maximum absolute atomic E-state index is 11.8. The zero-order valence-electron chi connectivity index (χ0n) is 9.22. The largest absolute Gasteiger partial charge is 0.389 e. The van der Waals surface area contributed by atoms with Crippen LogP contribution in [-0.4, -0.2) is 38.5 Å². The van der Waals surface area contributed by atoms with E-state index in [0.29, 0.717) is 32.1 Å². The van der Waals surface area contributed by atoms with Gasteiger partial charge in [-0.2, -0.15) is 13.2 Å². The third-order valence-corrected chi connectivity index (χ3v) is 2.72. The number of hydrogen-bond acceptors (Lipinski definition) is 3. The number of halogens is 3. The van der Waals surface area contributed by atoms with E-state index < -0.39 is 12.6 Å². The zero-order valence-corrected chi connectivity index (χ0v) is 9.22. The zero-order chi connectivity index (χ0) is 12.0. The molecule has 3 nitrogen and oxygen atoms in total. The lowest BCUT2D eigenvalue weighted by molar-refractivity contribution is -0.135. The molecule has 0 bridgehead atoms. The van der Waals surface area contributed by atoms with Gasteiger partial charge >= 0.3 is 6.18 Å². The Kier molecular flexibility index (Phi) is 5.51. The third-order valence-electron chi connectivity index (χ3n) is 2.72. The Hall–Kier alpha value is -0.330. The minimum Gasteiger partial charge on any atom is -0.379 e. The number of rotatable bonds is 6. The fourth-order valence-corrected chi connectivity index (χ4v) is 1.69. The molecule has 0 aromatic carbocycles. The standard InChI is InChI=1S/C10H19F3N2O/c11-10(12,13)3-1-2-4-15-5-8-6-16-7-9(8)14/h8-9,15H,1-7,14H2. The summed E-state index contributed by atoms with van der Waals surface area (Å²) in [6, 6.07) is 0.0580. The van der Waals surface area contributed by atoms with Crippen molar-refractivity contribution in [2.24, 2.45) is 11.7 Å². The fraction of sp³-hybridized carbons (Fsp3) is 1.00. The summed E-state index contributed by atoms with van der Waals surface area (Å²) in [5.74, 6) is 0.294. The topological polar surface area (TPSA) is 47.3 Å². The Morgan fingerprint density at radius 1 is 1.25 bits per heavy atom. The molecule has 2 atom stereocenters. The summed E-state index contributed by atoms with van der Waals surface area (Å²) >= 11 is 0. The average Bonchev–Trinajstić information content (AvgIpc) is 2.56. The summed E-state index contributed by atoms with van der Waals surface area (Å²) in [5.41, 5.74) is 5.76. The van der Waals surface area contributed by atoms with E-state index in [1.165, 1.54) is 0 Å². The predicted molar refractivity (Wildman–Crippen MR) is 55.1 cm³/mol. The van der Waals surface area contributed by atoms with Gasteiger partial charge in [0.05, 0.1) is 13.2 Å². The second-order valence-corrected chi connectivity index (χ2v) is 4.24. The van der Waals surface area contributed by atoms with Crippen LogP contribution in [0.15, 0.2) is 0 Å². The van der Waals surface area contributed by atoms with Crippen molar-refractivity contribution in [2.45, 2.75) is 31.5 Å². The minimum atomic E-state index is -4.03. The first kappa shape index (κ1) is 13.7. The molecule has 1 heterocycles. The summed E-state index contributed by atoms with van der Waals surface area (Å²) in [7, 11) is 0. The number of nitrogens with one attached hydrogen (secondary N) is 1. The van der Waals surface area contributed by atoms with Gasteiger partial charge in [0.25, 0.3) is 0 Å². The fourth-order valence-electron chi connectivity index (χ4n) is 1.69. The van der Waals surface area contributed by atoms with Crippen LogP contribution in [0.3, 0.4) is 0 Å². The summed E-state index contributed by atoms with van der Waals surface area (Å²) in [6.07, 6.45) is -3.99. The molecule has 0 radical (unpaired) electrons. The molecule has 1 saturated heterocycles. The quantitative estimate of drug-likeness (QED) is 0.688. The molecule has 3 N–H and O–H groups in total. The average molecular weight is 240 g/mol. The molecular weight excluding hydrogens is 221 g/mol. The van der Waals surface area contributed by atoms with Gasteiger partial charge in [-0.1, -0.05) is 0 Å². The van der Waals surface area contributed by atoms with Gasteiger partial charge < -0.3 is 15.8 Å². The van der Waals surface area contributed by atoms with Gasteiger partial charge in [0, 0.05) is 24.9 Å². The van der Waals surface area contributed by atoms with Crippen molar-refractivity contribution in [3.05, 3.63) is 0 Å². The Balaban J connectivity index is 1.92. The first-order valence-corrected chi connectivity index (χ1v) is 5.60. The van der Waals surface area contributed by atoms with Gasteiger partial charge in [-0.25, -0.2) is 0 Å². The van der Waals surface area contributed by atoms with E-state index in [0.717, 1.165) is 6.54 Å². The lowest BCUT2D eigenvalue weighted by atomic mass is 10.1. The summed E-state index contributed by atoms with van der Waals surface area (Å²) in [5, 5.41) is 3.12. The normalized spacial score (nSPS) is 26.2. The molecule has 0 spiro atoms. The molecule has 1 rings (SSSR count). The SMILES string of the molecule is NC1COCC1CNCCCCC(F)(F)F. The first-order chi connectivity index (χ1) is 7.49. The Bertz CT molecular complexity index is 199. The van der Waals surface area contributed by atoms with Crippen molar-refractivity contribution in [1.29, 1.82) is 0 Å². The monoisotopic (exact) mass is 240 g/mol. The maximum Gasteiger partial charge on any atom is 0.389 e. The predicted octanol–water partition coefficient (Wildman–Crippen LogP) is 1.28. The molecule has 1 fully saturated rings. The second kappa shape index (κ2) is 6.42. The number of alkyl halides is 3. The van der Waals surface area contributed by atoms with E-state index in [2.05, 4.69) is 5.32 Å². The Morgan fingerprint density at radius 2 is 2.00 bits per heavy atom. The number of ether oxygens (including phenoxy) is 1.